The maximum atomic E-state index is 13.8. The summed E-state index contributed by atoms with van der Waals surface area (Å²) in [7, 11) is 0. The SMILES string of the molecule is C[C@@H]1CCN(c2ncc(C(=O)Nc3ccc(OC(F)(F)F)cc3)cc2-c2cncc(F)c2)C1. The summed E-state index contributed by atoms with van der Waals surface area (Å²) in [5.41, 5.74) is 1.54. The molecule has 1 aliphatic rings. The van der Waals surface area contributed by atoms with E-state index in [0.29, 0.717) is 22.9 Å². The topological polar surface area (TPSA) is 67.4 Å². The van der Waals surface area contributed by atoms with Crippen LogP contribution >= 0.6 is 0 Å². The number of anilines is 2. The zero-order valence-electron chi connectivity index (χ0n) is 17.6. The lowest BCUT2D eigenvalue weighted by Gasteiger charge is -2.21. The molecule has 1 atom stereocenters. The third-order valence-electron chi connectivity index (χ3n) is 5.21. The summed E-state index contributed by atoms with van der Waals surface area (Å²) in [6.07, 6.45) is 0.221. The van der Waals surface area contributed by atoms with Crippen molar-refractivity contribution in [2.45, 2.75) is 19.7 Å². The van der Waals surface area contributed by atoms with Crippen LogP contribution in [0.1, 0.15) is 23.7 Å². The number of nitrogens with one attached hydrogen (secondary N) is 1. The number of alkyl halides is 3. The van der Waals surface area contributed by atoms with Crippen LogP contribution in [-0.2, 0) is 0 Å². The molecule has 1 saturated heterocycles. The summed E-state index contributed by atoms with van der Waals surface area (Å²) in [4.78, 5) is 23.3. The second-order valence-electron chi connectivity index (χ2n) is 7.85. The lowest BCUT2D eigenvalue weighted by molar-refractivity contribution is -0.274. The third kappa shape index (κ3) is 5.57. The average Bonchev–Trinajstić information content (AvgIpc) is 3.20. The predicted molar refractivity (Wildman–Crippen MR) is 114 cm³/mol. The number of carbonyl (C=O) groups is 1. The first-order chi connectivity index (χ1) is 15.7. The number of halogens is 4. The van der Waals surface area contributed by atoms with Crippen LogP contribution in [0.4, 0.5) is 29.1 Å². The maximum Gasteiger partial charge on any atom is 0.573 e. The van der Waals surface area contributed by atoms with Gasteiger partial charge in [0.05, 0.1) is 11.8 Å². The van der Waals surface area contributed by atoms with Crippen molar-refractivity contribution in [1.29, 1.82) is 0 Å². The quantitative estimate of drug-likeness (QED) is 0.525. The van der Waals surface area contributed by atoms with Crippen LogP contribution in [0.25, 0.3) is 11.1 Å². The number of amides is 1. The number of rotatable bonds is 5. The Kier molecular flexibility index (Phi) is 6.17. The molecule has 4 rings (SSSR count). The van der Waals surface area contributed by atoms with E-state index in [4.69, 9.17) is 0 Å². The van der Waals surface area contributed by atoms with Gasteiger partial charge < -0.3 is 15.0 Å². The van der Waals surface area contributed by atoms with Gasteiger partial charge in [-0.05, 0) is 48.7 Å². The van der Waals surface area contributed by atoms with Crippen LogP contribution in [0.5, 0.6) is 5.75 Å². The molecule has 6 nitrogen and oxygen atoms in total. The lowest BCUT2D eigenvalue weighted by Crippen LogP contribution is -2.22. The molecule has 3 heterocycles. The summed E-state index contributed by atoms with van der Waals surface area (Å²) in [6.45, 7) is 3.72. The van der Waals surface area contributed by atoms with Gasteiger partial charge in [-0.3, -0.25) is 9.78 Å². The van der Waals surface area contributed by atoms with E-state index in [2.05, 4.69) is 31.8 Å². The third-order valence-corrected chi connectivity index (χ3v) is 5.21. The van der Waals surface area contributed by atoms with Gasteiger partial charge in [-0.2, -0.15) is 0 Å². The van der Waals surface area contributed by atoms with Gasteiger partial charge >= 0.3 is 6.36 Å². The first kappa shape index (κ1) is 22.5. The number of aromatic nitrogens is 2. The second-order valence-corrected chi connectivity index (χ2v) is 7.85. The Balaban J connectivity index is 1.60. The first-order valence-corrected chi connectivity index (χ1v) is 10.2. The lowest BCUT2D eigenvalue weighted by atomic mass is 10.1. The molecule has 1 amide bonds. The smallest absolute Gasteiger partial charge is 0.406 e. The van der Waals surface area contributed by atoms with Crippen molar-refractivity contribution in [2.75, 3.05) is 23.3 Å². The zero-order valence-corrected chi connectivity index (χ0v) is 17.6. The highest BCUT2D eigenvalue weighted by Gasteiger charge is 2.31. The van der Waals surface area contributed by atoms with Crippen molar-refractivity contribution in [1.82, 2.24) is 9.97 Å². The van der Waals surface area contributed by atoms with Crippen molar-refractivity contribution < 1.29 is 27.1 Å². The van der Waals surface area contributed by atoms with E-state index in [1.807, 2.05) is 0 Å². The van der Waals surface area contributed by atoms with E-state index in [-0.39, 0.29) is 11.3 Å². The monoisotopic (exact) mass is 460 g/mol. The van der Waals surface area contributed by atoms with Gasteiger partial charge in [0, 0.05) is 42.3 Å². The highest BCUT2D eigenvalue weighted by molar-refractivity contribution is 6.05. The number of ether oxygens (including phenoxy) is 1. The van der Waals surface area contributed by atoms with Crippen molar-refractivity contribution >= 4 is 17.4 Å². The molecule has 0 saturated carbocycles. The van der Waals surface area contributed by atoms with E-state index in [0.717, 1.165) is 37.8 Å². The molecule has 0 spiro atoms. The summed E-state index contributed by atoms with van der Waals surface area (Å²) in [5.74, 6) is -0.301. The Morgan fingerprint density at radius 3 is 2.55 bits per heavy atom. The summed E-state index contributed by atoms with van der Waals surface area (Å²) < 4.78 is 54.6. The average molecular weight is 460 g/mol. The number of benzene rings is 1. The molecule has 0 unspecified atom stereocenters. The van der Waals surface area contributed by atoms with Crippen LogP contribution in [0, 0.1) is 11.7 Å². The fourth-order valence-electron chi connectivity index (χ4n) is 3.68. The Bertz CT molecular complexity index is 1150. The largest absolute Gasteiger partial charge is 0.573 e. The van der Waals surface area contributed by atoms with Crippen LogP contribution in [-0.4, -0.2) is 35.3 Å². The van der Waals surface area contributed by atoms with E-state index in [1.165, 1.54) is 30.6 Å². The Hall–Kier alpha value is -3.69. The van der Waals surface area contributed by atoms with Gasteiger partial charge in [-0.1, -0.05) is 6.92 Å². The summed E-state index contributed by atoms with van der Waals surface area (Å²) in [6, 6.07) is 7.73. The van der Waals surface area contributed by atoms with Gasteiger partial charge in [0.15, 0.2) is 0 Å². The van der Waals surface area contributed by atoms with Crippen LogP contribution < -0.4 is 15.0 Å². The van der Waals surface area contributed by atoms with E-state index < -0.39 is 23.8 Å². The van der Waals surface area contributed by atoms with Gasteiger partial charge in [-0.25, -0.2) is 9.37 Å². The first-order valence-electron chi connectivity index (χ1n) is 10.2. The number of nitrogens with zero attached hydrogens (tertiary/aromatic N) is 3. The van der Waals surface area contributed by atoms with Crippen LogP contribution in [0.15, 0.2) is 55.0 Å². The van der Waals surface area contributed by atoms with Crippen LogP contribution in [0.3, 0.4) is 0 Å². The fourth-order valence-corrected chi connectivity index (χ4v) is 3.68. The van der Waals surface area contributed by atoms with Gasteiger partial charge in [0.25, 0.3) is 5.91 Å². The van der Waals surface area contributed by atoms with Crippen molar-refractivity contribution in [2.24, 2.45) is 5.92 Å². The van der Waals surface area contributed by atoms with E-state index in [1.54, 1.807) is 6.07 Å². The Labute approximate surface area is 187 Å². The minimum absolute atomic E-state index is 0.209. The minimum Gasteiger partial charge on any atom is -0.406 e. The molecule has 0 aliphatic carbocycles. The minimum atomic E-state index is -4.80. The van der Waals surface area contributed by atoms with Gasteiger partial charge in [0.2, 0.25) is 0 Å². The molecular weight excluding hydrogens is 440 g/mol. The molecule has 1 fully saturated rings. The molecule has 1 N–H and O–H groups in total. The van der Waals surface area contributed by atoms with Crippen molar-refractivity contribution in [3.8, 4) is 16.9 Å². The standard InChI is InChI=1S/C23H20F4N4O2/c1-14-6-7-31(13-14)21-20(15-8-17(24)12-28-10-15)9-16(11-29-21)22(32)30-18-2-4-19(5-3-18)33-23(25,26)27/h2-5,8-12,14H,6-7,13H2,1H3,(H,30,32)/t14-/m1/s1. The number of hydrogen-bond donors (Lipinski definition) is 1. The van der Waals surface area contributed by atoms with Crippen molar-refractivity contribution in [3.05, 3.63) is 66.4 Å². The van der Waals surface area contributed by atoms with E-state index >= 15 is 0 Å². The Morgan fingerprint density at radius 2 is 1.91 bits per heavy atom. The fraction of sp³-hybridized carbons (Fsp3) is 0.261. The normalized spacial score (nSPS) is 16.0. The molecule has 10 heteroatoms. The number of hydrogen-bond acceptors (Lipinski definition) is 5. The maximum absolute atomic E-state index is 13.8. The predicted octanol–water partition coefficient (Wildman–Crippen LogP) is 5.28. The number of pyridine rings is 2. The van der Waals surface area contributed by atoms with Gasteiger partial charge in [-0.15, -0.1) is 13.2 Å². The summed E-state index contributed by atoms with van der Waals surface area (Å²) in [5, 5.41) is 2.62. The number of carbonyl (C=O) groups excluding carboxylic acids is 1. The molecule has 172 valence electrons. The Morgan fingerprint density at radius 1 is 1.15 bits per heavy atom. The molecule has 1 aromatic carbocycles. The molecular formula is C23H20F4N4O2. The van der Waals surface area contributed by atoms with Crippen molar-refractivity contribution in [3.63, 3.8) is 0 Å². The molecule has 0 bridgehead atoms. The highest BCUT2D eigenvalue weighted by atomic mass is 19.4. The summed E-state index contributed by atoms with van der Waals surface area (Å²) >= 11 is 0. The van der Waals surface area contributed by atoms with Gasteiger partial charge in [0.1, 0.15) is 17.4 Å². The highest BCUT2D eigenvalue weighted by Crippen LogP contribution is 2.33. The molecule has 33 heavy (non-hydrogen) atoms. The molecule has 3 aromatic rings. The second kappa shape index (κ2) is 9.05. The zero-order chi connectivity index (χ0) is 23.6. The van der Waals surface area contributed by atoms with E-state index in [9.17, 15) is 22.4 Å². The molecule has 2 aromatic heterocycles. The van der Waals surface area contributed by atoms with Crippen LogP contribution in [0.2, 0.25) is 0 Å². The molecule has 0 radical (unpaired) electrons. The molecule has 1 aliphatic heterocycles.